The summed E-state index contributed by atoms with van der Waals surface area (Å²) in [6.45, 7) is 1.71. The zero-order valence-corrected chi connectivity index (χ0v) is 23.9. The van der Waals surface area contributed by atoms with Crippen molar-refractivity contribution >= 4 is 64.5 Å². The van der Waals surface area contributed by atoms with E-state index in [0.717, 1.165) is 10.5 Å². The van der Waals surface area contributed by atoms with E-state index in [1.807, 2.05) is 30.3 Å². The lowest BCUT2D eigenvalue weighted by Crippen LogP contribution is -2.30. The van der Waals surface area contributed by atoms with Gasteiger partial charge in [0.05, 0.1) is 21.5 Å². The number of carbonyl (C=O) groups excluding carboxylic acids is 3. The number of benzene rings is 4. The first-order chi connectivity index (χ1) is 20.2. The van der Waals surface area contributed by atoms with Crippen LogP contribution in [0.15, 0.2) is 114 Å². The molecular weight excluding hydrogens is 574 g/mol. The van der Waals surface area contributed by atoms with Gasteiger partial charge in [-0.05, 0) is 73.2 Å². The molecule has 4 aromatic rings. The molecule has 0 radical (unpaired) electrons. The monoisotopic (exact) mass is 599 g/mol. The molecule has 0 aliphatic carbocycles. The highest BCUT2D eigenvalue weighted by Crippen LogP contribution is 2.28. The highest BCUT2D eigenvalue weighted by Gasteiger charge is 2.18. The standard InChI is InChI=1S/C32H26ClN3O5S/c1-20(29(37)35-27-19-23(32(40)41)12-17-26(27)33)42-25-15-13-24(14-16-25)34-31(39)28(18-21-8-4-2-5-9-21)36-30(38)22-10-6-3-7-11-22/h2-20H,1H3,(H,34,39)(H,35,37)(H,36,38)(H,40,41)/b28-18-. The van der Waals surface area contributed by atoms with Crippen molar-refractivity contribution in [1.29, 1.82) is 0 Å². The van der Waals surface area contributed by atoms with Gasteiger partial charge in [-0.2, -0.15) is 0 Å². The van der Waals surface area contributed by atoms with Crippen LogP contribution in [0.5, 0.6) is 0 Å². The highest BCUT2D eigenvalue weighted by molar-refractivity contribution is 8.00. The van der Waals surface area contributed by atoms with Gasteiger partial charge in [0.15, 0.2) is 0 Å². The first-order valence-electron chi connectivity index (χ1n) is 12.7. The number of anilines is 2. The van der Waals surface area contributed by atoms with Gasteiger partial charge in [0.2, 0.25) is 5.91 Å². The third kappa shape index (κ3) is 8.33. The largest absolute Gasteiger partial charge is 0.478 e. The van der Waals surface area contributed by atoms with E-state index in [1.54, 1.807) is 67.6 Å². The van der Waals surface area contributed by atoms with Crippen LogP contribution in [0.3, 0.4) is 0 Å². The van der Waals surface area contributed by atoms with E-state index >= 15 is 0 Å². The molecule has 212 valence electrons. The number of carboxylic acids is 1. The van der Waals surface area contributed by atoms with E-state index in [4.69, 9.17) is 11.6 Å². The van der Waals surface area contributed by atoms with Crippen molar-refractivity contribution < 1.29 is 24.3 Å². The summed E-state index contributed by atoms with van der Waals surface area (Å²) in [4.78, 5) is 50.7. The Bertz CT molecular complexity index is 1630. The Morgan fingerprint density at radius 2 is 1.45 bits per heavy atom. The zero-order chi connectivity index (χ0) is 30.1. The summed E-state index contributed by atoms with van der Waals surface area (Å²) >= 11 is 7.40. The number of carbonyl (C=O) groups is 4. The summed E-state index contributed by atoms with van der Waals surface area (Å²) in [6.07, 6.45) is 1.60. The van der Waals surface area contributed by atoms with Crippen LogP contribution < -0.4 is 16.0 Å². The van der Waals surface area contributed by atoms with E-state index in [1.165, 1.54) is 30.0 Å². The molecule has 0 spiro atoms. The maximum absolute atomic E-state index is 13.2. The molecule has 0 bridgehead atoms. The van der Waals surface area contributed by atoms with Crippen molar-refractivity contribution in [2.24, 2.45) is 0 Å². The van der Waals surface area contributed by atoms with Gasteiger partial charge in [-0.25, -0.2) is 4.79 Å². The minimum Gasteiger partial charge on any atom is -0.478 e. The van der Waals surface area contributed by atoms with Crippen molar-refractivity contribution in [1.82, 2.24) is 5.32 Å². The maximum atomic E-state index is 13.2. The smallest absolute Gasteiger partial charge is 0.335 e. The number of hydrogen-bond donors (Lipinski definition) is 4. The van der Waals surface area contributed by atoms with Gasteiger partial charge in [0.25, 0.3) is 11.8 Å². The number of thioether (sulfide) groups is 1. The van der Waals surface area contributed by atoms with Crippen LogP contribution in [0.2, 0.25) is 5.02 Å². The number of halogens is 1. The molecule has 0 saturated carbocycles. The van der Waals surface area contributed by atoms with Crippen molar-refractivity contribution in [3.63, 3.8) is 0 Å². The molecule has 4 rings (SSSR count). The number of nitrogens with one attached hydrogen (secondary N) is 3. The lowest BCUT2D eigenvalue weighted by atomic mass is 10.1. The molecule has 8 nitrogen and oxygen atoms in total. The van der Waals surface area contributed by atoms with Crippen LogP contribution in [0.4, 0.5) is 11.4 Å². The molecule has 4 N–H and O–H groups in total. The van der Waals surface area contributed by atoms with Crippen LogP contribution >= 0.6 is 23.4 Å². The summed E-state index contributed by atoms with van der Waals surface area (Å²) in [5.74, 6) is -2.40. The molecule has 1 atom stereocenters. The topological polar surface area (TPSA) is 125 Å². The molecule has 10 heteroatoms. The maximum Gasteiger partial charge on any atom is 0.335 e. The van der Waals surface area contributed by atoms with Crippen LogP contribution in [0.25, 0.3) is 6.08 Å². The summed E-state index contributed by atoms with van der Waals surface area (Å²) < 4.78 is 0. The Morgan fingerprint density at radius 1 is 0.810 bits per heavy atom. The summed E-state index contributed by atoms with van der Waals surface area (Å²) in [7, 11) is 0. The van der Waals surface area contributed by atoms with Crippen molar-refractivity contribution in [2.45, 2.75) is 17.1 Å². The van der Waals surface area contributed by atoms with Gasteiger partial charge < -0.3 is 21.1 Å². The van der Waals surface area contributed by atoms with Crippen molar-refractivity contribution in [3.05, 3.63) is 131 Å². The van der Waals surface area contributed by atoms with Gasteiger partial charge in [-0.15, -0.1) is 11.8 Å². The number of hydrogen-bond acceptors (Lipinski definition) is 5. The van der Waals surface area contributed by atoms with Crippen LogP contribution in [0, 0.1) is 0 Å². The Labute approximate surface area is 251 Å². The molecule has 4 aromatic carbocycles. The van der Waals surface area contributed by atoms with E-state index in [2.05, 4.69) is 16.0 Å². The van der Waals surface area contributed by atoms with Crippen molar-refractivity contribution in [3.8, 4) is 0 Å². The third-order valence-corrected chi connectivity index (χ3v) is 7.35. The SMILES string of the molecule is CC(Sc1ccc(NC(=O)/C(=C/c2ccccc2)NC(=O)c2ccccc2)cc1)C(=O)Nc1cc(C(=O)O)ccc1Cl. The molecule has 42 heavy (non-hydrogen) atoms. The Hall–Kier alpha value is -4.86. The Balaban J connectivity index is 1.41. The Kier molecular flexibility index (Phi) is 10.1. The van der Waals surface area contributed by atoms with E-state index in [-0.39, 0.29) is 27.9 Å². The summed E-state index contributed by atoms with van der Waals surface area (Å²) in [6, 6.07) is 28.7. The molecular formula is C32H26ClN3O5S. The fraction of sp³-hybridized carbons (Fsp3) is 0.0625. The molecule has 0 fully saturated rings. The average Bonchev–Trinajstić information content (AvgIpc) is 2.99. The van der Waals surface area contributed by atoms with Gasteiger partial charge in [-0.3, -0.25) is 14.4 Å². The summed E-state index contributed by atoms with van der Waals surface area (Å²) in [5, 5.41) is 17.1. The fourth-order valence-electron chi connectivity index (χ4n) is 3.72. The molecule has 0 saturated heterocycles. The second kappa shape index (κ2) is 14.2. The molecule has 0 aliphatic rings. The minimum absolute atomic E-state index is 0.00837. The lowest BCUT2D eigenvalue weighted by molar-refractivity contribution is -0.115. The van der Waals surface area contributed by atoms with Gasteiger partial charge >= 0.3 is 5.97 Å². The molecule has 0 aliphatic heterocycles. The van der Waals surface area contributed by atoms with Crippen molar-refractivity contribution in [2.75, 3.05) is 10.6 Å². The molecule has 1 unspecified atom stereocenters. The number of aromatic carboxylic acids is 1. The number of rotatable bonds is 10. The quantitative estimate of drug-likeness (QED) is 0.121. The van der Waals surface area contributed by atoms with E-state index in [9.17, 15) is 24.3 Å². The van der Waals surface area contributed by atoms with Crippen LogP contribution in [-0.4, -0.2) is 34.0 Å². The first kappa shape index (κ1) is 30.1. The number of amides is 3. The van der Waals surface area contributed by atoms with Gasteiger partial charge in [0, 0.05) is 16.1 Å². The third-order valence-electron chi connectivity index (χ3n) is 5.90. The lowest BCUT2D eigenvalue weighted by Gasteiger charge is -2.14. The van der Waals surface area contributed by atoms with E-state index in [0.29, 0.717) is 11.3 Å². The predicted octanol–water partition coefficient (Wildman–Crippen LogP) is 6.57. The predicted molar refractivity (Wildman–Crippen MR) is 166 cm³/mol. The van der Waals surface area contributed by atoms with Gasteiger partial charge in [0.1, 0.15) is 5.70 Å². The van der Waals surface area contributed by atoms with Crippen LogP contribution in [-0.2, 0) is 9.59 Å². The second-order valence-corrected chi connectivity index (χ2v) is 10.8. The van der Waals surface area contributed by atoms with Gasteiger partial charge in [-0.1, -0.05) is 60.1 Å². The minimum atomic E-state index is -1.13. The first-order valence-corrected chi connectivity index (χ1v) is 14.0. The Morgan fingerprint density at radius 3 is 2.10 bits per heavy atom. The number of carboxylic acid groups (broad SMARTS) is 1. The fourth-order valence-corrected chi connectivity index (χ4v) is 4.75. The zero-order valence-electron chi connectivity index (χ0n) is 22.3. The molecule has 0 aromatic heterocycles. The van der Waals surface area contributed by atoms with Crippen LogP contribution in [0.1, 0.15) is 33.2 Å². The second-order valence-electron chi connectivity index (χ2n) is 9.02. The highest BCUT2D eigenvalue weighted by atomic mass is 35.5. The van der Waals surface area contributed by atoms with E-state index < -0.39 is 23.0 Å². The molecule has 3 amide bonds. The summed E-state index contributed by atoms with van der Waals surface area (Å²) in [5.41, 5.74) is 1.95. The normalized spacial score (nSPS) is 11.7. The molecule has 0 heterocycles. The average molecular weight is 600 g/mol.